The fourth-order valence-electron chi connectivity index (χ4n) is 8.24. The first-order chi connectivity index (χ1) is 26.5. The molecule has 1 aliphatic rings. The number of aliphatic carboxylic acids is 1. The quantitative estimate of drug-likeness (QED) is 0.0390. The lowest BCUT2D eigenvalue weighted by molar-refractivity contribution is -0.679. The third-order valence-corrected chi connectivity index (χ3v) is 10.8. The van der Waals surface area contributed by atoms with Crippen LogP contribution in [0.15, 0.2) is 129 Å². The largest absolute Gasteiger partial charge is 0.481 e. The number of para-hydroxylation sites is 2. The van der Waals surface area contributed by atoms with E-state index in [4.69, 9.17) is 9.15 Å². The molecule has 0 spiro atoms. The third kappa shape index (κ3) is 7.05. The highest BCUT2D eigenvalue weighted by Gasteiger charge is 2.47. The summed E-state index contributed by atoms with van der Waals surface area (Å²) in [6.45, 7) is 7.49. The van der Waals surface area contributed by atoms with Gasteiger partial charge in [-0.25, -0.2) is 4.79 Å². The maximum absolute atomic E-state index is 12.2. The van der Waals surface area contributed by atoms with Crippen molar-refractivity contribution in [1.82, 2.24) is 0 Å². The number of ether oxygens (including phenoxy) is 1. The number of nitrogens with zero attached hydrogens (tertiary/aromatic N) is 2. The fraction of sp³-hybridized carbons (Fsp3) is 0.200. The number of benzene rings is 5. The fourth-order valence-corrected chi connectivity index (χ4v) is 8.93. The number of carboxylic acid groups (broad SMARTS) is 2. The van der Waals surface area contributed by atoms with Gasteiger partial charge in [-0.1, -0.05) is 88.7 Å². The SMILES string of the molecule is CC(/C=C(Br)/C=C(\C)c1oc2ccccc2[n+]1CCOC=O)=C1/N(CCC(=O)O)c2c(c3ccccc3c3ccccc23)C1(C)Cc1ccc(C(=O)O)cc1. The van der Waals surface area contributed by atoms with Crippen LogP contribution < -0.4 is 9.47 Å². The van der Waals surface area contributed by atoms with Gasteiger partial charge in [-0.05, 0) is 90.4 Å². The lowest BCUT2D eigenvalue weighted by Gasteiger charge is -2.32. The summed E-state index contributed by atoms with van der Waals surface area (Å²) in [5, 5.41) is 23.9. The number of rotatable bonds is 13. The van der Waals surface area contributed by atoms with Gasteiger partial charge in [-0.15, -0.1) is 0 Å². The highest BCUT2D eigenvalue weighted by molar-refractivity contribution is 9.11. The number of allylic oxidation sites excluding steroid dienone is 6. The molecule has 9 nitrogen and oxygen atoms in total. The van der Waals surface area contributed by atoms with Crippen molar-refractivity contribution in [2.24, 2.45) is 0 Å². The van der Waals surface area contributed by atoms with Crippen LogP contribution in [0.1, 0.15) is 54.6 Å². The van der Waals surface area contributed by atoms with Crippen molar-refractivity contribution in [3.05, 3.63) is 148 Å². The second-order valence-corrected chi connectivity index (χ2v) is 14.9. The minimum atomic E-state index is -0.987. The van der Waals surface area contributed by atoms with Crippen LogP contribution in [0.4, 0.5) is 5.69 Å². The predicted molar refractivity (Wildman–Crippen MR) is 217 cm³/mol. The average molecular weight is 801 g/mol. The van der Waals surface area contributed by atoms with Gasteiger partial charge in [0.2, 0.25) is 5.58 Å². The van der Waals surface area contributed by atoms with Crippen LogP contribution in [0.5, 0.6) is 0 Å². The molecule has 2 N–H and O–H groups in total. The van der Waals surface area contributed by atoms with Crippen molar-refractivity contribution in [2.45, 2.75) is 45.6 Å². The van der Waals surface area contributed by atoms with Crippen LogP contribution in [0.3, 0.4) is 0 Å². The molecule has 0 radical (unpaired) electrons. The Balaban J connectivity index is 1.44. The van der Waals surface area contributed by atoms with E-state index in [1.54, 1.807) is 12.1 Å². The molecule has 10 heteroatoms. The number of hydrogen-bond donors (Lipinski definition) is 2. The third-order valence-electron chi connectivity index (χ3n) is 10.4. The van der Waals surface area contributed by atoms with E-state index >= 15 is 0 Å². The number of aromatic nitrogens is 1. The van der Waals surface area contributed by atoms with Crippen molar-refractivity contribution >= 4 is 78.2 Å². The van der Waals surface area contributed by atoms with Crippen molar-refractivity contribution in [1.29, 1.82) is 0 Å². The summed E-state index contributed by atoms with van der Waals surface area (Å²) >= 11 is 3.84. The summed E-state index contributed by atoms with van der Waals surface area (Å²) < 4.78 is 14.1. The van der Waals surface area contributed by atoms with Crippen LogP contribution in [-0.2, 0) is 32.7 Å². The van der Waals surface area contributed by atoms with Crippen molar-refractivity contribution < 1.29 is 38.3 Å². The number of anilines is 1. The van der Waals surface area contributed by atoms with E-state index < -0.39 is 17.4 Å². The number of carboxylic acids is 2. The molecule has 6 aromatic rings. The van der Waals surface area contributed by atoms with E-state index in [2.05, 4.69) is 58.1 Å². The minimum Gasteiger partial charge on any atom is -0.481 e. The maximum Gasteiger partial charge on any atom is 0.377 e. The van der Waals surface area contributed by atoms with Crippen LogP contribution in [0.2, 0.25) is 0 Å². The molecule has 0 saturated heterocycles. The summed E-state index contributed by atoms with van der Waals surface area (Å²) in [7, 11) is 0. The molecule has 5 aromatic carbocycles. The zero-order chi connectivity index (χ0) is 38.9. The summed E-state index contributed by atoms with van der Waals surface area (Å²) in [4.78, 5) is 37.1. The first-order valence-corrected chi connectivity index (χ1v) is 18.8. The number of aromatic carboxylic acids is 1. The Labute approximate surface area is 326 Å². The normalized spacial score (nSPS) is 16.8. The summed E-state index contributed by atoms with van der Waals surface area (Å²) in [6, 6.07) is 31.3. The number of carbonyl (C=O) groups is 3. The predicted octanol–water partition coefficient (Wildman–Crippen LogP) is 9.35. The average Bonchev–Trinajstić information content (AvgIpc) is 3.67. The molecule has 55 heavy (non-hydrogen) atoms. The molecule has 0 bridgehead atoms. The van der Waals surface area contributed by atoms with Crippen LogP contribution >= 0.6 is 15.9 Å². The van der Waals surface area contributed by atoms with Gasteiger partial charge in [0.25, 0.3) is 12.0 Å². The number of fused-ring (bicyclic) bond motifs is 7. The first-order valence-electron chi connectivity index (χ1n) is 18.0. The highest BCUT2D eigenvalue weighted by Crippen LogP contribution is 2.56. The van der Waals surface area contributed by atoms with E-state index in [9.17, 15) is 24.6 Å². The second-order valence-electron chi connectivity index (χ2n) is 14.0. The van der Waals surface area contributed by atoms with Gasteiger partial charge in [0, 0.05) is 33.6 Å². The van der Waals surface area contributed by atoms with E-state index in [0.717, 1.165) is 65.2 Å². The zero-order valence-electron chi connectivity index (χ0n) is 30.7. The van der Waals surface area contributed by atoms with Crippen LogP contribution in [0, 0.1) is 0 Å². The molecular weight excluding hydrogens is 760 g/mol. The molecule has 1 aromatic heterocycles. The van der Waals surface area contributed by atoms with E-state index in [1.165, 1.54) is 0 Å². The summed E-state index contributed by atoms with van der Waals surface area (Å²) in [6.07, 6.45) is 4.48. The molecule has 0 amide bonds. The van der Waals surface area contributed by atoms with Gasteiger partial charge in [0.05, 0.1) is 23.2 Å². The Kier molecular flexibility index (Phi) is 10.4. The number of halogens is 1. The van der Waals surface area contributed by atoms with E-state index in [1.807, 2.05) is 85.2 Å². The first kappa shape index (κ1) is 37.3. The number of carbonyl (C=O) groups excluding carboxylic acids is 1. The Morgan fingerprint density at radius 3 is 2.18 bits per heavy atom. The van der Waals surface area contributed by atoms with Crippen molar-refractivity contribution in [3.63, 3.8) is 0 Å². The Bertz CT molecular complexity index is 2580. The van der Waals surface area contributed by atoms with Gasteiger partial charge < -0.3 is 24.3 Å². The van der Waals surface area contributed by atoms with Gasteiger partial charge in [0.15, 0.2) is 13.2 Å². The zero-order valence-corrected chi connectivity index (χ0v) is 32.3. The van der Waals surface area contributed by atoms with Crippen LogP contribution in [-0.4, -0.2) is 41.8 Å². The molecule has 2 heterocycles. The second kappa shape index (κ2) is 15.4. The number of hydrogen-bond acceptors (Lipinski definition) is 6. The summed E-state index contributed by atoms with van der Waals surface area (Å²) in [5.41, 5.74) is 6.87. The topological polar surface area (TPSA) is 121 Å². The van der Waals surface area contributed by atoms with Gasteiger partial charge in [-0.3, -0.25) is 9.59 Å². The molecule has 278 valence electrons. The summed E-state index contributed by atoms with van der Waals surface area (Å²) in [5.74, 6) is -1.26. The molecule has 0 fully saturated rings. The number of oxazole rings is 1. The maximum atomic E-state index is 12.2. The minimum absolute atomic E-state index is 0.0788. The van der Waals surface area contributed by atoms with E-state index in [0.29, 0.717) is 30.9 Å². The molecule has 0 saturated carbocycles. The Hall–Kier alpha value is -6.00. The molecule has 1 atom stereocenters. The Morgan fingerprint density at radius 2 is 1.51 bits per heavy atom. The van der Waals surface area contributed by atoms with Gasteiger partial charge >= 0.3 is 17.8 Å². The smallest absolute Gasteiger partial charge is 0.377 e. The molecule has 1 unspecified atom stereocenters. The standard InChI is InChI=1S/C45H39BrN2O7/c1-28(24-32(46)25-29(2)43-47(22-23-54-27-49)37-14-8-9-15-38(37)55-43)42-45(3,26-30-16-18-31(19-17-30)44(52)53)40-35-12-6-4-10-33(35)34-11-5-7-13-36(34)41(40)48(42)21-20-39(50)51/h4-19,24-25,27H,20-23,26H2,1-3H3,(H-,50,51,52,53)/p+1. The molecule has 7 rings (SSSR count). The monoisotopic (exact) mass is 799 g/mol. The molecule has 1 aliphatic heterocycles. The Morgan fingerprint density at radius 1 is 0.873 bits per heavy atom. The van der Waals surface area contributed by atoms with Gasteiger partial charge in [-0.2, -0.15) is 4.57 Å². The van der Waals surface area contributed by atoms with Gasteiger partial charge in [0.1, 0.15) is 0 Å². The lowest BCUT2D eigenvalue weighted by atomic mass is 9.73. The lowest BCUT2D eigenvalue weighted by Crippen LogP contribution is -2.38. The van der Waals surface area contributed by atoms with Crippen molar-refractivity contribution in [2.75, 3.05) is 18.1 Å². The van der Waals surface area contributed by atoms with Crippen LogP contribution in [0.25, 0.3) is 38.2 Å². The van der Waals surface area contributed by atoms with E-state index in [-0.39, 0.29) is 25.1 Å². The molecular formula is C45H40BrN2O7+. The molecule has 0 aliphatic carbocycles. The van der Waals surface area contributed by atoms with Crippen molar-refractivity contribution in [3.8, 4) is 0 Å². The highest BCUT2D eigenvalue weighted by atomic mass is 79.9.